The Morgan fingerprint density at radius 1 is 1.25 bits per heavy atom. The van der Waals surface area contributed by atoms with Crippen molar-refractivity contribution in [2.75, 3.05) is 32.1 Å². The summed E-state index contributed by atoms with van der Waals surface area (Å²) in [4.78, 5) is 11.8. The lowest BCUT2D eigenvalue weighted by atomic mass is 9.98. The Labute approximate surface area is 150 Å². The number of rotatable bonds is 9. The molecule has 1 saturated carbocycles. The van der Waals surface area contributed by atoms with Crippen molar-refractivity contribution in [3.8, 4) is 0 Å². The number of halogens is 1. The number of carbonyl (C=O) groups is 1. The number of hydrogen-bond donors (Lipinski definition) is 2. The highest BCUT2D eigenvalue weighted by Crippen LogP contribution is 2.22. The molecule has 24 heavy (non-hydrogen) atoms. The van der Waals surface area contributed by atoms with Crippen LogP contribution < -0.4 is 10.6 Å². The van der Waals surface area contributed by atoms with Gasteiger partial charge in [0.2, 0.25) is 5.91 Å². The first kappa shape index (κ1) is 20.9. The van der Waals surface area contributed by atoms with Gasteiger partial charge < -0.3 is 20.1 Å². The van der Waals surface area contributed by atoms with Gasteiger partial charge in [0.1, 0.15) is 0 Å². The molecule has 1 aromatic rings. The maximum atomic E-state index is 11.8. The Morgan fingerprint density at radius 3 is 2.79 bits per heavy atom. The molecule has 1 amide bonds. The molecule has 2 rings (SSSR count). The van der Waals surface area contributed by atoms with Crippen LogP contribution in [0.4, 0.5) is 5.69 Å². The highest BCUT2D eigenvalue weighted by Gasteiger charge is 2.13. The predicted molar refractivity (Wildman–Crippen MR) is 98.7 cm³/mol. The molecule has 0 aliphatic heterocycles. The number of amides is 1. The minimum absolute atomic E-state index is 0. The Balaban J connectivity index is 0.00000288. The lowest BCUT2D eigenvalue weighted by Gasteiger charge is -2.22. The van der Waals surface area contributed by atoms with E-state index in [4.69, 9.17) is 9.47 Å². The van der Waals surface area contributed by atoms with Gasteiger partial charge in [-0.1, -0.05) is 31.4 Å². The maximum Gasteiger partial charge on any atom is 0.238 e. The van der Waals surface area contributed by atoms with Gasteiger partial charge in [0.25, 0.3) is 0 Å². The van der Waals surface area contributed by atoms with E-state index in [1.807, 2.05) is 24.3 Å². The van der Waals surface area contributed by atoms with Crippen LogP contribution in [-0.4, -0.2) is 38.8 Å². The average Bonchev–Trinajstić information content (AvgIpc) is 2.58. The van der Waals surface area contributed by atoms with Gasteiger partial charge in [0.05, 0.1) is 25.9 Å². The average molecular weight is 357 g/mol. The van der Waals surface area contributed by atoms with Crippen molar-refractivity contribution in [1.29, 1.82) is 0 Å². The minimum Gasteiger partial charge on any atom is -0.383 e. The van der Waals surface area contributed by atoms with E-state index in [0.717, 1.165) is 11.3 Å². The van der Waals surface area contributed by atoms with Gasteiger partial charge >= 0.3 is 0 Å². The SMILES string of the molecule is COCCNCC(=O)Nc1cccc(COC2CCCCC2)c1.Cl. The molecule has 1 fully saturated rings. The standard InChI is InChI=1S/C18H28N2O3.ClH/c1-22-11-10-19-13-18(21)20-16-7-5-6-15(12-16)14-23-17-8-3-2-4-9-17;/h5-7,12,17,19H,2-4,8-11,13-14H2,1H3,(H,20,21);1H. The van der Waals surface area contributed by atoms with E-state index in [1.54, 1.807) is 7.11 Å². The second kappa shape index (κ2) is 12.3. The lowest BCUT2D eigenvalue weighted by molar-refractivity contribution is -0.115. The van der Waals surface area contributed by atoms with Gasteiger partial charge in [0, 0.05) is 19.3 Å². The molecule has 0 radical (unpaired) electrons. The molecule has 0 unspecified atom stereocenters. The first-order chi connectivity index (χ1) is 11.3. The number of hydrogen-bond acceptors (Lipinski definition) is 4. The minimum atomic E-state index is -0.0496. The van der Waals surface area contributed by atoms with Gasteiger partial charge in [-0.3, -0.25) is 4.79 Å². The summed E-state index contributed by atoms with van der Waals surface area (Å²) in [7, 11) is 1.64. The second-order valence-electron chi connectivity index (χ2n) is 5.99. The molecule has 1 aromatic carbocycles. The fraction of sp³-hybridized carbons (Fsp3) is 0.611. The topological polar surface area (TPSA) is 59.6 Å². The summed E-state index contributed by atoms with van der Waals surface area (Å²) in [6, 6.07) is 7.87. The zero-order valence-electron chi connectivity index (χ0n) is 14.4. The fourth-order valence-electron chi connectivity index (χ4n) is 2.77. The smallest absolute Gasteiger partial charge is 0.238 e. The van der Waals surface area contributed by atoms with Gasteiger partial charge in [-0.2, -0.15) is 0 Å². The normalized spacial score (nSPS) is 14.9. The number of nitrogens with one attached hydrogen (secondary N) is 2. The summed E-state index contributed by atoms with van der Waals surface area (Å²) in [5, 5.41) is 5.93. The summed E-state index contributed by atoms with van der Waals surface area (Å²) in [6.07, 6.45) is 6.62. The van der Waals surface area contributed by atoms with Gasteiger partial charge in [0.15, 0.2) is 0 Å². The van der Waals surface area contributed by atoms with Crippen LogP contribution in [0.15, 0.2) is 24.3 Å². The first-order valence-corrected chi connectivity index (χ1v) is 8.48. The van der Waals surface area contributed by atoms with E-state index in [0.29, 0.717) is 25.9 Å². The van der Waals surface area contributed by atoms with Crippen LogP contribution >= 0.6 is 12.4 Å². The molecule has 2 N–H and O–H groups in total. The Morgan fingerprint density at radius 2 is 2.04 bits per heavy atom. The monoisotopic (exact) mass is 356 g/mol. The molecule has 0 spiro atoms. The Hall–Kier alpha value is -1.14. The van der Waals surface area contributed by atoms with Crippen LogP contribution in [0.1, 0.15) is 37.7 Å². The molecule has 5 nitrogen and oxygen atoms in total. The lowest BCUT2D eigenvalue weighted by Crippen LogP contribution is -2.30. The van der Waals surface area contributed by atoms with Crippen molar-refractivity contribution >= 4 is 24.0 Å². The predicted octanol–water partition coefficient (Wildman–Crippen LogP) is 3.13. The number of benzene rings is 1. The van der Waals surface area contributed by atoms with Crippen LogP contribution in [0.2, 0.25) is 0 Å². The summed E-state index contributed by atoms with van der Waals surface area (Å²) < 4.78 is 10.9. The third-order valence-electron chi connectivity index (χ3n) is 4.02. The number of anilines is 1. The summed E-state index contributed by atoms with van der Waals surface area (Å²) in [5.41, 5.74) is 1.91. The molecule has 0 saturated heterocycles. The molecular formula is C18H29ClN2O3. The Kier molecular flexibility index (Phi) is 10.7. The highest BCUT2D eigenvalue weighted by atomic mass is 35.5. The van der Waals surface area contributed by atoms with Crippen molar-refractivity contribution in [1.82, 2.24) is 5.32 Å². The molecule has 1 aliphatic rings. The molecule has 0 heterocycles. The third kappa shape index (κ3) is 8.11. The first-order valence-electron chi connectivity index (χ1n) is 8.48. The van der Waals surface area contributed by atoms with Gasteiger partial charge in [-0.25, -0.2) is 0 Å². The highest BCUT2D eigenvalue weighted by molar-refractivity contribution is 5.92. The number of carbonyl (C=O) groups excluding carboxylic acids is 1. The van der Waals surface area contributed by atoms with E-state index in [1.165, 1.54) is 32.1 Å². The maximum absolute atomic E-state index is 11.8. The van der Waals surface area contributed by atoms with E-state index >= 15 is 0 Å². The van der Waals surface area contributed by atoms with Crippen LogP contribution in [0.5, 0.6) is 0 Å². The van der Waals surface area contributed by atoms with E-state index in [-0.39, 0.29) is 24.9 Å². The van der Waals surface area contributed by atoms with E-state index in [9.17, 15) is 4.79 Å². The van der Waals surface area contributed by atoms with Crippen LogP contribution in [0.25, 0.3) is 0 Å². The molecule has 0 atom stereocenters. The zero-order valence-corrected chi connectivity index (χ0v) is 15.2. The molecule has 6 heteroatoms. The fourth-order valence-corrected chi connectivity index (χ4v) is 2.77. The largest absolute Gasteiger partial charge is 0.383 e. The summed E-state index contributed by atoms with van der Waals surface area (Å²) in [5.74, 6) is -0.0496. The second-order valence-corrected chi connectivity index (χ2v) is 5.99. The zero-order chi connectivity index (χ0) is 16.3. The van der Waals surface area contributed by atoms with Crippen molar-refractivity contribution < 1.29 is 14.3 Å². The molecule has 0 bridgehead atoms. The summed E-state index contributed by atoms with van der Waals surface area (Å²) >= 11 is 0. The third-order valence-corrected chi connectivity index (χ3v) is 4.02. The molecule has 0 aromatic heterocycles. The molecule has 136 valence electrons. The van der Waals surface area contributed by atoms with Crippen LogP contribution in [0.3, 0.4) is 0 Å². The van der Waals surface area contributed by atoms with Crippen molar-refractivity contribution in [2.24, 2.45) is 0 Å². The van der Waals surface area contributed by atoms with Crippen molar-refractivity contribution in [2.45, 2.75) is 44.8 Å². The quantitative estimate of drug-likeness (QED) is 0.667. The molecule has 1 aliphatic carbocycles. The van der Waals surface area contributed by atoms with Crippen LogP contribution in [-0.2, 0) is 20.9 Å². The van der Waals surface area contributed by atoms with Crippen LogP contribution in [0, 0.1) is 0 Å². The van der Waals surface area contributed by atoms with E-state index < -0.39 is 0 Å². The summed E-state index contributed by atoms with van der Waals surface area (Å²) in [6.45, 7) is 2.16. The number of methoxy groups -OCH3 is 1. The number of ether oxygens (including phenoxy) is 2. The van der Waals surface area contributed by atoms with Gasteiger partial charge in [-0.15, -0.1) is 12.4 Å². The van der Waals surface area contributed by atoms with E-state index in [2.05, 4.69) is 10.6 Å². The van der Waals surface area contributed by atoms with Crippen molar-refractivity contribution in [3.05, 3.63) is 29.8 Å². The Bertz CT molecular complexity index is 479. The molecular weight excluding hydrogens is 328 g/mol. The van der Waals surface area contributed by atoms with Gasteiger partial charge in [-0.05, 0) is 30.5 Å². The van der Waals surface area contributed by atoms with Crippen molar-refractivity contribution in [3.63, 3.8) is 0 Å².